The van der Waals surface area contributed by atoms with Gasteiger partial charge in [0.1, 0.15) is 6.10 Å². The molecule has 20 heavy (non-hydrogen) atoms. The van der Waals surface area contributed by atoms with E-state index in [0.717, 1.165) is 16.9 Å². The van der Waals surface area contributed by atoms with E-state index < -0.39 is 6.10 Å². The Morgan fingerprint density at radius 2 is 1.50 bits per heavy atom. The third-order valence-corrected chi connectivity index (χ3v) is 4.28. The minimum Gasteiger partial charge on any atom is -0.383 e. The Balaban J connectivity index is 1.75. The second-order valence-electron chi connectivity index (χ2n) is 4.82. The van der Waals surface area contributed by atoms with Crippen LogP contribution in [0.4, 0.5) is 0 Å². The molecule has 2 heteroatoms. The van der Waals surface area contributed by atoms with Crippen molar-refractivity contribution in [2.45, 2.75) is 12.5 Å². The molecule has 2 aromatic carbocycles. The summed E-state index contributed by atoms with van der Waals surface area (Å²) in [6.45, 7) is 0. The van der Waals surface area contributed by atoms with Crippen LogP contribution in [0.3, 0.4) is 0 Å². The number of benzene rings is 2. The molecule has 0 bridgehead atoms. The van der Waals surface area contributed by atoms with Gasteiger partial charge in [-0.2, -0.15) is 0 Å². The fraction of sp³-hybridized carbons (Fsp3) is 0.111. The number of aliphatic hydroxyl groups excluding tert-OH is 1. The van der Waals surface area contributed by atoms with Gasteiger partial charge in [-0.25, -0.2) is 0 Å². The third kappa shape index (κ3) is 2.98. The van der Waals surface area contributed by atoms with Gasteiger partial charge in [-0.15, -0.1) is 11.3 Å². The molecule has 3 rings (SSSR count). The normalized spacial score (nSPS) is 12.2. The van der Waals surface area contributed by atoms with Crippen LogP contribution >= 0.6 is 11.3 Å². The molecular formula is C18H16OS. The number of hydrogen-bond donors (Lipinski definition) is 1. The largest absolute Gasteiger partial charge is 0.383 e. The van der Waals surface area contributed by atoms with E-state index in [-0.39, 0.29) is 0 Å². The molecule has 0 saturated carbocycles. The molecule has 1 atom stereocenters. The minimum absolute atomic E-state index is 0.513. The summed E-state index contributed by atoms with van der Waals surface area (Å²) in [7, 11) is 0. The second kappa shape index (κ2) is 6.04. The van der Waals surface area contributed by atoms with Gasteiger partial charge in [0.05, 0.1) is 0 Å². The predicted molar refractivity (Wildman–Crippen MR) is 84.1 cm³/mol. The zero-order valence-corrected chi connectivity index (χ0v) is 11.9. The molecule has 1 unspecified atom stereocenters. The van der Waals surface area contributed by atoms with Gasteiger partial charge in [0.25, 0.3) is 0 Å². The summed E-state index contributed by atoms with van der Waals surface area (Å²) in [5.41, 5.74) is 3.52. The fourth-order valence-corrected chi connectivity index (χ4v) is 3.00. The molecule has 3 aromatic rings. The first-order valence-corrected chi connectivity index (χ1v) is 7.55. The van der Waals surface area contributed by atoms with Crippen molar-refractivity contribution in [1.29, 1.82) is 0 Å². The van der Waals surface area contributed by atoms with Crippen molar-refractivity contribution in [3.05, 3.63) is 93.7 Å². The van der Waals surface area contributed by atoms with Crippen molar-refractivity contribution in [3.8, 4) is 0 Å². The topological polar surface area (TPSA) is 20.2 Å². The van der Waals surface area contributed by atoms with Crippen molar-refractivity contribution < 1.29 is 5.11 Å². The monoisotopic (exact) mass is 280 g/mol. The minimum atomic E-state index is -0.513. The summed E-state index contributed by atoms with van der Waals surface area (Å²) in [5.74, 6) is 0. The van der Waals surface area contributed by atoms with Crippen molar-refractivity contribution in [2.24, 2.45) is 0 Å². The van der Waals surface area contributed by atoms with Gasteiger partial charge in [-0.05, 0) is 34.6 Å². The zero-order chi connectivity index (χ0) is 13.8. The Morgan fingerprint density at radius 3 is 2.15 bits per heavy atom. The molecule has 1 nitrogen and oxygen atoms in total. The van der Waals surface area contributed by atoms with E-state index in [1.165, 1.54) is 11.1 Å². The molecule has 0 aliphatic heterocycles. The standard InChI is InChI=1S/C18H16OS/c19-18(17-7-4-12-20-17)16-10-8-15(9-11-16)13-14-5-2-1-3-6-14/h1-12,18-19H,13H2. The molecule has 1 N–H and O–H groups in total. The highest BCUT2D eigenvalue weighted by atomic mass is 32.1. The lowest BCUT2D eigenvalue weighted by molar-refractivity contribution is 0.224. The summed E-state index contributed by atoms with van der Waals surface area (Å²) < 4.78 is 0. The van der Waals surface area contributed by atoms with Crippen molar-refractivity contribution in [2.75, 3.05) is 0 Å². The van der Waals surface area contributed by atoms with Gasteiger partial charge in [0, 0.05) is 4.88 Å². The second-order valence-corrected chi connectivity index (χ2v) is 5.80. The van der Waals surface area contributed by atoms with Crippen molar-refractivity contribution in [1.82, 2.24) is 0 Å². The lowest BCUT2D eigenvalue weighted by Gasteiger charge is -2.10. The first kappa shape index (κ1) is 13.1. The molecule has 100 valence electrons. The van der Waals surface area contributed by atoms with Crippen LogP contribution in [0.5, 0.6) is 0 Å². The van der Waals surface area contributed by atoms with Gasteiger partial charge in [0.2, 0.25) is 0 Å². The van der Waals surface area contributed by atoms with Crippen LogP contribution in [0.25, 0.3) is 0 Å². The molecule has 1 heterocycles. The third-order valence-electron chi connectivity index (χ3n) is 3.36. The predicted octanol–water partition coefficient (Wildman–Crippen LogP) is 4.42. The maximum absolute atomic E-state index is 10.3. The van der Waals surface area contributed by atoms with E-state index in [0.29, 0.717) is 0 Å². The molecule has 0 radical (unpaired) electrons. The van der Waals surface area contributed by atoms with Crippen LogP contribution in [0.15, 0.2) is 72.1 Å². The molecule has 0 amide bonds. The van der Waals surface area contributed by atoms with Gasteiger partial charge in [-0.1, -0.05) is 60.7 Å². The highest BCUT2D eigenvalue weighted by Crippen LogP contribution is 2.26. The first-order valence-electron chi connectivity index (χ1n) is 6.67. The van der Waals surface area contributed by atoms with E-state index in [9.17, 15) is 5.11 Å². The Morgan fingerprint density at radius 1 is 0.800 bits per heavy atom. The van der Waals surface area contributed by atoms with E-state index >= 15 is 0 Å². The van der Waals surface area contributed by atoms with E-state index in [2.05, 4.69) is 36.4 Å². The smallest absolute Gasteiger partial charge is 0.113 e. The number of rotatable bonds is 4. The molecule has 0 spiro atoms. The van der Waals surface area contributed by atoms with Crippen LogP contribution in [0.2, 0.25) is 0 Å². The molecular weight excluding hydrogens is 264 g/mol. The van der Waals surface area contributed by atoms with E-state index in [4.69, 9.17) is 0 Å². The quantitative estimate of drug-likeness (QED) is 0.750. The first-order chi connectivity index (χ1) is 9.83. The summed E-state index contributed by atoms with van der Waals surface area (Å²) in [6, 6.07) is 22.6. The summed E-state index contributed by atoms with van der Waals surface area (Å²) in [6.07, 6.45) is 0.414. The van der Waals surface area contributed by atoms with E-state index in [1.54, 1.807) is 11.3 Å². The molecule has 0 fully saturated rings. The highest BCUT2D eigenvalue weighted by molar-refractivity contribution is 7.10. The SMILES string of the molecule is OC(c1ccc(Cc2ccccc2)cc1)c1cccs1. The Kier molecular flexibility index (Phi) is 3.95. The van der Waals surface area contributed by atoms with Gasteiger partial charge >= 0.3 is 0 Å². The lowest BCUT2D eigenvalue weighted by Crippen LogP contribution is -1.97. The fourth-order valence-electron chi connectivity index (χ4n) is 2.26. The molecule has 0 aliphatic rings. The maximum atomic E-state index is 10.3. The zero-order valence-electron chi connectivity index (χ0n) is 11.1. The average Bonchev–Trinajstić information content (AvgIpc) is 3.03. The Bertz CT molecular complexity index is 642. The summed E-state index contributed by atoms with van der Waals surface area (Å²) >= 11 is 1.58. The number of thiophene rings is 1. The van der Waals surface area contributed by atoms with Crippen molar-refractivity contribution in [3.63, 3.8) is 0 Å². The summed E-state index contributed by atoms with van der Waals surface area (Å²) in [4.78, 5) is 0.987. The van der Waals surface area contributed by atoms with Crippen molar-refractivity contribution >= 4 is 11.3 Å². The van der Waals surface area contributed by atoms with Crippen LogP contribution in [-0.2, 0) is 6.42 Å². The Hall–Kier alpha value is -1.90. The van der Waals surface area contributed by atoms with Crippen LogP contribution in [-0.4, -0.2) is 5.11 Å². The maximum Gasteiger partial charge on any atom is 0.113 e. The molecule has 0 aliphatic carbocycles. The number of hydrogen-bond acceptors (Lipinski definition) is 2. The summed E-state index contributed by atoms with van der Waals surface area (Å²) in [5, 5.41) is 12.3. The molecule has 0 saturated heterocycles. The average molecular weight is 280 g/mol. The molecule has 1 aromatic heterocycles. The van der Waals surface area contributed by atoms with E-state index in [1.807, 2.05) is 35.7 Å². The van der Waals surface area contributed by atoms with Crippen LogP contribution in [0, 0.1) is 0 Å². The van der Waals surface area contributed by atoms with Gasteiger partial charge in [0.15, 0.2) is 0 Å². The lowest BCUT2D eigenvalue weighted by atomic mass is 10.0. The van der Waals surface area contributed by atoms with Gasteiger partial charge < -0.3 is 5.11 Å². The van der Waals surface area contributed by atoms with Gasteiger partial charge in [-0.3, -0.25) is 0 Å². The van der Waals surface area contributed by atoms with Crippen LogP contribution in [0.1, 0.15) is 27.7 Å². The van der Waals surface area contributed by atoms with Crippen LogP contribution < -0.4 is 0 Å². The highest BCUT2D eigenvalue weighted by Gasteiger charge is 2.10. The Labute approximate surface area is 123 Å². The number of aliphatic hydroxyl groups is 1.